The molecular formula is C15H20O6S. The number of aliphatic carboxylic acids is 1. The monoisotopic (exact) mass is 328 g/mol. The summed E-state index contributed by atoms with van der Waals surface area (Å²) in [7, 11) is -0.596. The minimum absolute atomic E-state index is 0.0942. The van der Waals surface area contributed by atoms with Gasteiger partial charge in [0.05, 0.1) is 19.0 Å². The van der Waals surface area contributed by atoms with Gasteiger partial charge in [-0.1, -0.05) is 19.1 Å². The zero-order valence-corrected chi connectivity index (χ0v) is 13.6. The van der Waals surface area contributed by atoms with E-state index < -0.39 is 32.4 Å². The summed E-state index contributed by atoms with van der Waals surface area (Å²) in [5, 5.41) is 8.67. The molecule has 7 heteroatoms. The topological polar surface area (TPSA) is 89.9 Å². The third-order valence-corrected chi connectivity index (χ3v) is 6.57. The minimum Gasteiger partial charge on any atom is -0.497 e. The van der Waals surface area contributed by atoms with Gasteiger partial charge in [-0.2, -0.15) is 0 Å². The molecule has 1 saturated carbocycles. The summed E-state index contributed by atoms with van der Waals surface area (Å²) < 4.78 is 34.7. The van der Waals surface area contributed by atoms with Crippen LogP contribution in [0.1, 0.15) is 18.4 Å². The van der Waals surface area contributed by atoms with Gasteiger partial charge in [0.2, 0.25) is 0 Å². The Balaban J connectivity index is 2.48. The molecule has 0 amide bonds. The SMILES string of the molecule is CCS(=O)(=O)[C@H]1[C@H](c2ccc(OC)cc2)[C@@]1(COC)C(=O)O. The van der Waals surface area contributed by atoms with Crippen molar-refractivity contribution in [3.8, 4) is 5.75 Å². The number of ether oxygens (including phenoxy) is 2. The predicted molar refractivity (Wildman–Crippen MR) is 80.9 cm³/mol. The molecule has 6 nitrogen and oxygen atoms in total. The van der Waals surface area contributed by atoms with Crippen LogP contribution >= 0.6 is 0 Å². The standard InChI is InChI=1S/C15H20O6S/c1-4-22(18,19)13-12(15(13,9-20-2)14(16)17)10-5-7-11(21-3)8-6-10/h5-8,12-13H,4,9H2,1-3H3,(H,16,17)/t12-,13-,15+/m0/s1. The Bertz CT molecular complexity index is 651. The van der Waals surface area contributed by atoms with E-state index in [1.807, 2.05) is 0 Å². The van der Waals surface area contributed by atoms with E-state index in [4.69, 9.17) is 9.47 Å². The maximum atomic E-state index is 12.3. The Labute approximate surface area is 130 Å². The molecule has 0 spiro atoms. The van der Waals surface area contributed by atoms with Crippen molar-refractivity contribution in [1.82, 2.24) is 0 Å². The van der Waals surface area contributed by atoms with Crippen LogP contribution in [0.15, 0.2) is 24.3 Å². The van der Waals surface area contributed by atoms with E-state index in [0.29, 0.717) is 11.3 Å². The highest BCUT2D eigenvalue weighted by Gasteiger charge is 2.75. The first-order valence-electron chi connectivity index (χ1n) is 6.93. The highest BCUT2D eigenvalue weighted by molar-refractivity contribution is 7.92. The Morgan fingerprint density at radius 3 is 2.27 bits per heavy atom. The van der Waals surface area contributed by atoms with Crippen molar-refractivity contribution < 1.29 is 27.8 Å². The van der Waals surface area contributed by atoms with Crippen LogP contribution in [0, 0.1) is 5.41 Å². The number of hydrogen-bond acceptors (Lipinski definition) is 5. The molecule has 2 rings (SSSR count). The van der Waals surface area contributed by atoms with E-state index in [1.54, 1.807) is 24.3 Å². The molecule has 122 valence electrons. The highest BCUT2D eigenvalue weighted by atomic mass is 32.2. The number of benzene rings is 1. The highest BCUT2D eigenvalue weighted by Crippen LogP contribution is 2.63. The third kappa shape index (κ3) is 2.48. The molecule has 0 saturated heterocycles. The summed E-state index contributed by atoms with van der Waals surface area (Å²) in [6.45, 7) is 1.39. The number of methoxy groups -OCH3 is 2. The zero-order valence-electron chi connectivity index (χ0n) is 12.8. The molecule has 1 aromatic carbocycles. The number of carboxylic acid groups (broad SMARTS) is 1. The molecule has 1 N–H and O–H groups in total. The van der Waals surface area contributed by atoms with Gasteiger partial charge in [-0.3, -0.25) is 4.79 Å². The second-order valence-corrected chi connectivity index (χ2v) is 7.81. The number of carboxylic acids is 1. The fourth-order valence-corrected chi connectivity index (χ4v) is 5.17. The molecule has 1 aliphatic carbocycles. The summed E-state index contributed by atoms with van der Waals surface area (Å²) in [5.74, 6) is -1.21. The van der Waals surface area contributed by atoms with E-state index in [1.165, 1.54) is 21.1 Å². The fourth-order valence-electron chi connectivity index (χ4n) is 3.12. The first-order valence-corrected chi connectivity index (χ1v) is 8.64. The van der Waals surface area contributed by atoms with Gasteiger partial charge in [0.15, 0.2) is 9.84 Å². The molecule has 0 bridgehead atoms. The zero-order chi connectivity index (χ0) is 16.5. The summed E-state index contributed by atoms with van der Waals surface area (Å²) in [6, 6.07) is 6.81. The van der Waals surface area contributed by atoms with Crippen molar-refractivity contribution in [1.29, 1.82) is 0 Å². The Kier molecular flexibility index (Phi) is 4.49. The molecule has 1 fully saturated rings. The lowest BCUT2D eigenvalue weighted by Gasteiger charge is -2.11. The lowest BCUT2D eigenvalue weighted by atomic mass is 10.00. The molecule has 0 heterocycles. The molecule has 0 radical (unpaired) electrons. The van der Waals surface area contributed by atoms with Gasteiger partial charge in [0.1, 0.15) is 11.2 Å². The smallest absolute Gasteiger partial charge is 0.314 e. The van der Waals surface area contributed by atoms with Crippen LogP contribution < -0.4 is 4.74 Å². The van der Waals surface area contributed by atoms with Gasteiger partial charge in [-0.25, -0.2) is 8.42 Å². The van der Waals surface area contributed by atoms with Crippen LogP contribution in [0.3, 0.4) is 0 Å². The Morgan fingerprint density at radius 1 is 1.27 bits per heavy atom. The summed E-state index contributed by atoms with van der Waals surface area (Å²) in [6.07, 6.45) is 0. The van der Waals surface area contributed by atoms with Crippen LogP contribution in [-0.2, 0) is 19.4 Å². The van der Waals surface area contributed by atoms with Crippen molar-refractivity contribution in [3.63, 3.8) is 0 Å². The Morgan fingerprint density at radius 2 is 1.86 bits per heavy atom. The summed E-state index contributed by atoms with van der Waals surface area (Å²) in [5.41, 5.74) is -0.750. The quantitative estimate of drug-likeness (QED) is 0.812. The van der Waals surface area contributed by atoms with E-state index in [-0.39, 0.29) is 12.4 Å². The van der Waals surface area contributed by atoms with Crippen molar-refractivity contribution in [2.24, 2.45) is 5.41 Å². The maximum absolute atomic E-state index is 12.3. The van der Waals surface area contributed by atoms with E-state index in [9.17, 15) is 18.3 Å². The van der Waals surface area contributed by atoms with Crippen molar-refractivity contribution in [2.45, 2.75) is 18.1 Å². The molecular weight excluding hydrogens is 308 g/mol. The number of hydrogen-bond donors (Lipinski definition) is 1. The second kappa shape index (κ2) is 5.89. The van der Waals surface area contributed by atoms with Crippen LogP contribution in [0.2, 0.25) is 0 Å². The Hall–Kier alpha value is -1.60. The molecule has 3 atom stereocenters. The number of carbonyl (C=O) groups is 1. The van der Waals surface area contributed by atoms with Gasteiger partial charge < -0.3 is 14.6 Å². The van der Waals surface area contributed by atoms with Gasteiger partial charge in [-0.05, 0) is 17.7 Å². The number of rotatable bonds is 7. The maximum Gasteiger partial charge on any atom is 0.314 e. The van der Waals surface area contributed by atoms with Gasteiger partial charge >= 0.3 is 5.97 Å². The third-order valence-electron chi connectivity index (χ3n) is 4.30. The molecule has 1 aromatic rings. The molecule has 0 unspecified atom stereocenters. The average molecular weight is 328 g/mol. The normalized spacial score (nSPS) is 27.4. The van der Waals surface area contributed by atoms with Crippen molar-refractivity contribution in [2.75, 3.05) is 26.6 Å². The lowest BCUT2D eigenvalue weighted by Crippen LogP contribution is -2.29. The fraction of sp³-hybridized carbons (Fsp3) is 0.533. The van der Waals surface area contributed by atoms with Crippen molar-refractivity contribution >= 4 is 15.8 Å². The first-order chi connectivity index (χ1) is 10.3. The van der Waals surface area contributed by atoms with E-state index in [2.05, 4.69) is 0 Å². The van der Waals surface area contributed by atoms with Gasteiger partial charge in [0, 0.05) is 18.8 Å². The van der Waals surface area contributed by atoms with Crippen LogP contribution in [0.5, 0.6) is 5.75 Å². The average Bonchev–Trinajstić information content (AvgIpc) is 3.19. The predicted octanol–water partition coefficient (Wildman–Crippen LogP) is 1.31. The van der Waals surface area contributed by atoms with E-state index >= 15 is 0 Å². The largest absolute Gasteiger partial charge is 0.497 e. The van der Waals surface area contributed by atoms with E-state index in [0.717, 1.165) is 0 Å². The van der Waals surface area contributed by atoms with Crippen molar-refractivity contribution in [3.05, 3.63) is 29.8 Å². The second-order valence-electron chi connectivity index (χ2n) is 5.40. The summed E-state index contributed by atoms with van der Waals surface area (Å²) >= 11 is 0. The molecule has 0 aliphatic heterocycles. The van der Waals surface area contributed by atoms with Gasteiger partial charge in [-0.15, -0.1) is 0 Å². The molecule has 22 heavy (non-hydrogen) atoms. The lowest BCUT2D eigenvalue weighted by molar-refractivity contribution is -0.145. The van der Waals surface area contributed by atoms with Gasteiger partial charge in [0.25, 0.3) is 0 Å². The van der Waals surface area contributed by atoms with Crippen LogP contribution in [0.4, 0.5) is 0 Å². The molecule has 0 aromatic heterocycles. The van der Waals surface area contributed by atoms with Crippen LogP contribution in [-0.4, -0.2) is 51.3 Å². The molecule has 1 aliphatic rings. The van der Waals surface area contributed by atoms with Crippen LogP contribution in [0.25, 0.3) is 0 Å². The first kappa shape index (κ1) is 16.8. The minimum atomic E-state index is -3.50. The summed E-state index contributed by atoms with van der Waals surface area (Å²) in [4.78, 5) is 11.8. The number of sulfone groups is 1.